The topological polar surface area (TPSA) is 64.4 Å². The lowest BCUT2D eigenvalue weighted by Crippen LogP contribution is -2.04. The van der Waals surface area contributed by atoms with E-state index in [-0.39, 0.29) is 10.6 Å². The van der Waals surface area contributed by atoms with Crippen LogP contribution in [0, 0.1) is 10.1 Å². The monoisotopic (exact) mass is 284 g/mol. The van der Waals surface area contributed by atoms with E-state index >= 15 is 0 Å². The second-order valence-corrected chi connectivity index (χ2v) is 5.10. The first-order valence-electron chi connectivity index (χ1n) is 6.27. The predicted octanol–water partition coefficient (Wildman–Crippen LogP) is 3.30. The van der Waals surface area contributed by atoms with E-state index in [9.17, 15) is 10.1 Å². The second-order valence-electron chi connectivity index (χ2n) is 4.00. The van der Waals surface area contributed by atoms with E-state index in [0.29, 0.717) is 12.2 Å². The molecule has 106 valence electrons. The molecule has 0 bridgehead atoms. The Labute approximate surface area is 117 Å². The Hall–Kier alpha value is -1.27. The van der Waals surface area contributed by atoms with Gasteiger partial charge in [-0.1, -0.05) is 12.1 Å². The minimum Gasteiger partial charge on any atom is -0.385 e. The lowest BCUT2D eigenvalue weighted by Gasteiger charge is -2.10. The van der Waals surface area contributed by atoms with Crippen LogP contribution in [0.2, 0.25) is 0 Å². The molecule has 0 aliphatic carbocycles. The van der Waals surface area contributed by atoms with Crippen LogP contribution in [0.3, 0.4) is 0 Å². The molecule has 19 heavy (non-hydrogen) atoms. The molecule has 0 spiro atoms. The van der Waals surface area contributed by atoms with E-state index in [2.05, 4.69) is 5.32 Å². The Morgan fingerprint density at radius 2 is 2.26 bits per heavy atom. The van der Waals surface area contributed by atoms with Crippen molar-refractivity contribution in [3.63, 3.8) is 0 Å². The largest absolute Gasteiger partial charge is 0.385 e. The van der Waals surface area contributed by atoms with Gasteiger partial charge < -0.3 is 10.1 Å². The molecule has 1 N–H and O–H groups in total. The highest BCUT2D eigenvalue weighted by atomic mass is 32.2. The number of nitrogens with one attached hydrogen (secondary N) is 1. The Balaban J connectivity index is 2.70. The summed E-state index contributed by atoms with van der Waals surface area (Å²) in [6.07, 6.45) is 0.993. The van der Waals surface area contributed by atoms with E-state index in [1.165, 1.54) is 6.07 Å². The number of nitro benzene ring substituents is 1. The van der Waals surface area contributed by atoms with Crippen LogP contribution >= 0.6 is 11.8 Å². The smallest absolute Gasteiger partial charge is 0.292 e. The zero-order chi connectivity index (χ0) is 14.1. The standard InChI is InChI=1S/C13H20N2O3S/c1-3-14-13-11(10-19-9-5-8-18-2)6-4-7-12(13)15(16)17/h4,6-7,14H,3,5,8-10H2,1-2H3. The van der Waals surface area contributed by atoms with Crippen molar-refractivity contribution in [2.45, 2.75) is 19.1 Å². The van der Waals surface area contributed by atoms with Gasteiger partial charge in [-0.05, 0) is 24.7 Å². The van der Waals surface area contributed by atoms with Crippen LogP contribution in [-0.2, 0) is 10.5 Å². The molecule has 0 heterocycles. The molecular weight excluding hydrogens is 264 g/mol. The molecule has 0 unspecified atom stereocenters. The number of anilines is 1. The molecule has 1 aromatic carbocycles. The summed E-state index contributed by atoms with van der Waals surface area (Å²) in [6.45, 7) is 3.36. The number of ether oxygens (including phenoxy) is 1. The molecule has 0 atom stereocenters. The lowest BCUT2D eigenvalue weighted by molar-refractivity contribution is -0.384. The highest BCUT2D eigenvalue weighted by Crippen LogP contribution is 2.30. The van der Waals surface area contributed by atoms with Gasteiger partial charge in [0.25, 0.3) is 5.69 Å². The average molecular weight is 284 g/mol. The van der Waals surface area contributed by atoms with Crippen molar-refractivity contribution in [3.05, 3.63) is 33.9 Å². The highest BCUT2D eigenvalue weighted by molar-refractivity contribution is 7.98. The van der Waals surface area contributed by atoms with Gasteiger partial charge in [-0.3, -0.25) is 10.1 Å². The van der Waals surface area contributed by atoms with Gasteiger partial charge in [-0.2, -0.15) is 11.8 Å². The Kier molecular flexibility index (Phi) is 7.28. The number of benzene rings is 1. The van der Waals surface area contributed by atoms with E-state index in [1.54, 1.807) is 24.9 Å². The number of methoxy groups -OCH3 is 1. The predicted molar refractivity (Wildman–Crippen MR) is 79.9 cm³/mol. The summed E-state index contributed by atoms with van der Waals surface area (Å²) < 4.78 is 4.99. The minimum atomic E-state index is -0.336. The van der Waals surface area contributed by atoms with Crippen molar-refractivity contribution in [1.82, 2.24) is 0 Å². The molecule has 0 amide bonds. The molecule has 1 rings (SSSR count). The van der Waals surface area contributed by atoms with Gasteiger partial charge >= 0.3 is 0 Å². The summed E-state index contributed by atoms with van der Waals surface area (Å²) >= 11 is 1.76. The van der Waals surface area contributed by atoms with Crippen LogP contribution in [0.15, 0.2) is 18.2 Å². The summed E-state index contributed by atoms with van der Waals surface area (Å²) in [6, 6.07) is 5.22. The normalized spacial score (nSPS) is 10.4. The molecule has 5 nitrogen and oxygen atoms in total. The minimum absolute atomic E-state index is 0.150. The maximum absolute atomic E-state index is 11.0. The molecule has 0 aliphatic heterocycles. The molecular formula is C13H20N2O3S. The number of rotatable bonds is 9. The van der Waals surface area contributed by atoms with Crippen molar-refractivity contribution in [3.8, 4) is 0 Å². The van der Waals surface area contributed by atoms with Crippen LogP contribution < -0.4 is 5.32 Å². The fourth-order valence-corrected chi connectivity index (χ4v) is 2.65. The van der Waals surface area contributed by atoms with Gasteiger partial charge in [0.1, 0.15) is 5.69 Å². The summed E-state index contributed by atoms with van der Waals surface area (Å²) in [5.41, 5.74) is 1.78. The fraction of sp³-hybridized carbons (Fsp3) is 0.538. The van der Waals surface area contributed by atoms with E-state index in [4.69, 9.17) is 4.74 Å². The Morgan fingerprint density at radius 1 is 1.47 bits per heavy atom. The SMILES string of the molecule is CCNc1c(CSCCCOC)cccc1[N+](=O)[O-]. The van der Waals surface area contributed by atoms with Gasteiger partial charge in [-0.25, -0.2) is 0 Å². The van der Waals surface area contributed by atoms with E-state index in [0.717, 1.165) is 30.1 Å². The number of hydrogen-bond acceptors (Lipinski definition) is 5. The molecule has 6 heteroatoms. The number of thioether (sulfide) groups is 1. The van der Waals surface area contributed by atoms with Gasteiger partial charge in [0.2, 0.25) is 0 Å². The quantitative estimate of drug-likeness (QED) is 0.428. The van der Waals surface area contributed by atoms with Crippen LogP contribution in [0.4, 0.5) is 11.4 Å². The molecule has 0 fully saturated rings. The molecule has 0 aliphatic rings. The van der Waals surface area contributed by atoms with Gasteiger partial charge in [0, 0.05) is 32.1 Å². The average Bonchev–Trinajstić information content (AvgIpc) is 2.40. The van der Waals surface area contributed by atoms with Crippen molar-refractivity contribution in [2.24, 2.45) is 0 Å². The number of nitrogens with zero attached hydrogens (tertiary/aromatic N) is 1. The first kappa shape index (κ1) is 15.8. The Bertz CT molecular complexity index is 413. The molecule has 0 radical (unpaired) electrons. The number of nitro groups is 1. The van der Waals surface area contributed by atoms with Crippen molar-refractivity contribution < 1.29 is 9.66 Å². The molecule has 0 aromatic heterocycles. The fourth-order valence-electron chi connectivity index (χ4n) is 1.73. The van der Waals surface area contributed by atoms with Gasteiger partial charge in [0.15, 0.2) is 0 Å². The summed E-state index contributed by atoms with van der Waals surface area (Å²) in [7, 11) is 1.69. The summed E-state index contributed by atoms with van der Waals surface area (Å²) in [5.74, 6) is 1.76. The van der Waals surface area contributed by atoms with Crippen molar-refractivity contribution in [1.29, 1.82) is 0 Å². The third-order valence-electron chi connectivity index (χ3n) is 2.57. The highest BCUT2D eigenvalue weighted by Gasteiger charge is 2.16. The first-order chi connectivity index (χ1) is 9.20. The van der Waals surface area contributed by atoms with Gasteiger partial charge in [-0.15, -0.1) is 0 Å². The van der Waals surface area contributed by atoms with Crippen molar-refractivity contribution in [2.75, 3.05) is 31.3 Å². The van der Waals surface area contributed by atoms with Crippen LogP contribution in [-0.4, -0.2) is 30.9 Å². The van der Waals surface area contributed by atoms with E-state index in [1.807, 2.05) is 13.0 Å². The summed E-state index contributed by atoms with van der Waals surface area (Å²) in [5, 5.41) is 14.1. The third kappa shape index (κ3) is 5.08. The zero-order valence-electron chi connectivity index (χ0n) is 11.3. The molecule has 0 saturated heterocycles. The zero-order valence-corrected chi connectivity index (χ0v) is 12.2. The number of hydrogen-bond donors (Lipinski definition) is 1. The van der Waals surface area contributed by atoms with Gasteiger partial charge in [0.05, 0.1) is 4.92 Å². The third-order valence-corrected chi connectivity index (χ3v) is 3.67. The molecule has 0 saturated carbocycles. The Morgan fingerprint density at radius 3 is 2.89 bits per heavy atom. The first-order valence-corrected chi connectivity index (χ1v) is 7.43. The molecule has 1 aromatic rings. The van der Waals surface area contributed by atoms with E-state index < -0.39 is 0 Å². The lowest BCUT2D eigenvalue weighted by atomic mass is 10.1. The maximum atomic E-state index is 11.0. The van der Waals surface area contributed by atoms with Crippen molar-refractivity contribution >= 4 is 23.1 Å². The van der Waals surface area contributed by atoms with Crippen LogP contribution in [0.25, 0.3) is 0 Å². The van der Waals surface area contributed by atoms with Crippen LogP contribution in [0.1, 0.15) is 18.9 Å². The summed E-state index contributed by atoms with van der Waals surface area (Å²) in [4.78, 5) is 10.7. The number of para-hydroxylation sites is 1. The maximum Gasteiger partial charge on any atom is 0.292 e. The second kappa shape index (κ2) is 8.77. The van der Waals surface area contributed by atoms with Crippen LogP contribution in [0.5, 0.6) is 0 Å².